The second-order valence-electron chi connectivity index (χ2n) is 9.26. The van der Waals surface area contributed by atoms with Gasteiger partial charge in [0.05, 0.1) is 17.4 Å². The lowest BCUT2D eigenvalue weighted by molar-refractivity contribution is -0.142. The summed E-state index contributed by atoms with van der Waals surface area (Å²) in [5.74, 6) is -1.57. The average Bonchev–Trinajstić information content (AvgIpc) is 3.47. The van der Waals surface area contributed by atoms with E-state index in [0.717, 1.165) is 11.6 Å². The standard InChI is InChI=1S/C26H27F2N3O3/c1-17(13-20(28)14-18(2)27)22-6-7-23-31(22)25(33)26(34-23)8-11-29(12-9-26)24(32)19-15-21-5-3-4-10-30(21)16-19/h3-5,10,13-16,22-23H,1,6-9,11-12H2,2H3/b18-14+,20-13+/t22-,23+/m0/s1. The summed E-state index contributed by atoms with van der Waals surface area (Å²) >= 11 is 0. The lowest BCUT2D eigenvalue weighted by atomic mass is 9.89. The van der Waals surface area contributed by atoms with E-state index in [4.69, 9.17) is 4.74 Å². The van der Waals surface area contributed by atoms with Crippen molar-refractivity contribution in [3.63, 3.8) is 0 Å². The Labute approximate surface area is 196 Å². The van der Waals surface area contributed by atoms with Gasteiger partial charge in [0.1, 0.15) is 12.1 Å². The van der Waals surface area contributed by atoms with E-state index in [-0.39, 0.29) is 24.1 Å². The summed E-state index contributed by atoms with van der Waals surface area (Å²) in [5.41, 5.74) is 1.01. The van der Waals surface area contributed by atoms with E-state index in [0.29, 0.717) is 49.9 Å². The second-order valence-corrected chi connectivity index (χ2v) is 9.26. The number of allylic oxidation sites excluding steroid dienone is 3. The van der Waals surface area contributed by atoms with Crippen LogP contribution in [0.1, 0.15) is 43.0 Å². The first-order valence-corrected chi connectivity index (χ1v) is 11.5. The number of piperidine rings is 1. The fourth-order valence-corrected chi connectivity index (χ4v) is 5.34. The molecule has 2 aromatic heterocycles. The van der Waals surface area contributed by atoms with E-state index in [1.54, 1.807) is 9.80 Å². The Balaban J connectivity index is 1.27. The van der Waals surface area contributed by atoms with Crippen LogP contribution in [0.2, 0.25) is 0 Å². The molecule has 8 heteroatoms. The molecule has 5 rings (SSSR count). The van der Waals surface area contributed by atoms with Gasteiger partial charge in [0.2, 0.25) is 0 Å². The van der Waals surface area contributed by atoms with Gasteiger partial charge >= 0.3 is 0 Å². The third-order valence-corrected chi connectivity index (χ3v) is 7.02. The molecular weight excluding hydrogens is 440 g/mol. The molecule has 0 bridgehead atoms. The molecule has 0 radical (unpaired) electrons. The van der Waals surface area contributed by atoms with Gasteiger partial charge in [-0.2, -0.15) is 0 Å². The number of ether oxygens (including phenoxy) is 1. The monoisotopic (exact) mass is 467 g/mol. The van der Waals surface area contributed by atoms with Crippen molar-refractivity contribution in [3.8, 4) is 0 Å². The van der Waals surface area contributed by atoms with Crippen molar-refractivity contribution in [2.45, 2.75) is 50.5 Å². The number of halogens is 2. The highest BCUT2D eigenvalue weighted by Gasteiger charge is 2.58. The minimum atomic E-state index is -0.969. The SMILES string of the molecule is C=C(/C=C(F)\C=C(/C)F)[C@@H]1CC[C@H]2OC3(CCN(C(=O)c4cc5ccccn5c4)CC3)C(=O)N21. The fraction of sp³-hybridized carbons (Fsp3) is 0.385. The lowest BCUT2D eigenvalue weighted by Crippen LogP contribution is -2.52. The summed E-state index contributed by atoms with van der Waals surface area (Å²) < 4.78 is 35.1. The van der Waals surface area contributed by atoms with Crippen LogP contribution in [-0.2, 0) is 9.53 Å². The highest BCUT2D eigenvalue weighted by molar-refractivity contribution is 5.96. The van der Waals surface area contributed by atoms with E-state index < -0.39 is 17.3 Å². The Morgan fingerprint density at radius 2 is 1.97 bits per heavy atom. The van der Waals surface area contributed by atoms with Crippen molar-refractivity contribution in [1.29, 1.82) is 0 Å². The molecular formula is C26H27F2N3O3. The van der Waals surface area contributed by atoms with Gasteiger partial charge in [-0.15, -0.1) is 0 Å². The van der Waals surface area contributed by atoms with Gasteiger partial charge in [0.25, 0.3) is 11.8 Å². The Hall–Kier alpha value is -3.26. The number of amides is 2. The predicted molar refractivity (Wildman–Crippen MR) is 123 cm³/mol. The van der Waals surface area contributed by atoms with Crippen LogP contribution in [0.15, 0.2) is 72.6 Å². The number of hydrogen-bond donors (Lipinski definition) is 0. The molecule has 3 fully saturated rings. The quantitative estimate of drug-likeness (QED) is 0.621. The normalized spacial score (nSPS) is 24.9. The molecule has 178 valence electrons. The van der Waals surface area contributed by atoms with Gasteiger partial charge in [-0.25, -0.2) is 8.78 Å². The van der Waals surface area contributed by atoms with E-state index in [1.165, 1.54) is 13.0 Å². The number of nitrogens with zero attached hydrogens (tertiary/aromatic N) is 3. The first-order chi connectivity index (χ1) is 16.3. The number of carbonyl (C=O) groups is 2. The highest BCUT2D eigenvalue weighted by Crippen LogP contribution is 2.44. The summed E-state index contributed by atoms with van der Waals surface area (Å²) in [6.07, 6.45) is 7.36. The van der Waals surface area contributed by atoms with E-state index in [2.05, 4.69) is 6.58 Å². The Bertz CT molecular complexity index is 1190. The summed E-state index contributed by atoms with van der Waals surface area (Å²) in [7, 11) is 0. The number of aromatic nitrogens is 1. The molecule has 2 aromatic rings. The van der Waals surface area contributed by atoms with Crippen LogP contribution < -0.4 is 0 Å². The maximum absolute atomic E-state index is 14.0. The van der Waals surface area contributed by atoms with Crippen LogP contribution in [0.5, 0.6) is 0 Å². The van der Waals surface area contributed by atoms with Crippen LogP contribution in [0.25, 0.3) is 5.52 Å². The van der Waals surface area contributed by atoms with Crippen molar-refractivity contribution in [3.05, 3.63) is 78.2 Å². The minimum Gasteiger partial charge on any atom is -0.342 e. The fourth-order valence-electron chi connectivity index (χ4n) is 5.34. The molecule has 0 N–H and O–H groups in total. The van der Waals surface area contributed by atoms with Crippen molar-refractivity contribution >= 4 is 17.3 Å². The molecule has 2 amide bonds. The van der Waals surface area contributed by atoms with Gasteiger partial charge in [-0.3, -0.25) is 9.59 Å². The first-order valence-electron chi connectivity index (χ1n) is 11.5. The first kappa shape index (κ1) is 22.5. The van der Waals surface area contributed by atoms with Crippen LogP contribution in [0.4, 0.5) is 8.78 Å². The summed E-state index contributed by atoms with van der Waals surface area (Å²) in [5, 5.41) is 0. The van der Waals surface area contributed by atoms with Crippen molar-refractivity contribution in [2.75, 3.05) is 13.1 Å². The number of pyridine rings is 1. The highest BCUT2D eigenvalue weighted by atomic mass is 19.1. The third-order valence-electron chi connectivity index (χ3n) is 7.02. The molecule has 5 heterocycles. The van der Waals surface area contributed by atoms with Crippen LogP contribution in [0, 0.1) is 0 Å². The second kappa shape index (κ2) is 8.51. The number of rotatable bonds is 4. The van der Waals surface area contributed by atoms with Crippen LogP contribution in [0.3, 0.4) is 0 Å². The van der Waals surface area contributed by atoms with E-state index in [9.17, 15) is 18.4 Å². The van der Waals surface area contributed by atoms with Crippen LogP contribution in [-0.4, -0.2) is 57.0 Å². The molecule has 6 nitrogen and oxygen atoms in total. The molecule has 0 aromatic carbocycles. The molecule has 2 atom stereocenters. The van der Waals surface area contributed by atoms with Gasteiger partial charge in [0, 0.05) is 49.9 Å². The van der Waals surface area contributed by atoms with E-state index >= 15 is 0 Å². The zero-order chi connectivity index (χ0) is 24.0. The zero-order valence-corrected chi connectivity index (χ0v) is 19.0. The lowest BCUT2D eigenvalue weighted by Gasteiger charge is -2.37. The Morgan fingerprint density at radius 3 is 2.68 bits per heavy atom. The molecule has 0 unspecified atom stereocenters. The van der Waals surface area contributed by atoms with Crippen LogP contribution >= 0.6 is 0 Å². The summed E-state index contributed by atoms with van der Waals surface area (Å²) in [6, 6.07) is 7.26. The van der Waals surface area contributed by atoms with Gasteiger partial charge in [0.15, 0.2) is 5.60 Å². The Kier molecular flexibility index (Phi) is 5.64. The number of fused-ring (bicyclic) bond motifs is 2. The smallest absolute Gasteiger partial charge is 0.257 e. The maximum atomic E-state index is 14.0. The maximum Gasteiger partial charge on any atom is 0.257 e. The average molecular weight is 468 g/mol. The largest absolute Gasteiger partial charge is 0.342 e. The molecule has 3 aliphatic rings. The van der Waals surface area contributed by atoms with Gasteiger partial charge < -0.3 is 18.9 Å². The zero-order valence-electron chi connectivity index (χ0n) is 19.0. The Morgan fingerprint density at radius 1 is 1.21 bits per heavy atom. The number of carbonyl (C=O) groups excluding carboxylic acids is 2. The molecule has 34 heavy (non-hydrogen) atoms. The van der Waals surface area contributed by atoms with Crippen molar-refractivity contribution < 1.29 is 23.1 Å². The number of likely N-dealkylation sites (tertiary alicyclic amines) is 1. The molecule has 1 spiro atoms. The summed E-state index contributed by atoms with van der Waals surface area (Å²) in [6.45, 7) is 5.92. The topological polar surface area (TPSA) is 54.3 Å². The summed E-state index contributed by atoms with van der Waals surface area (Å²) in [4.78, 5) is 30.0. The van der Waals surface area contributed by atoms with Crippen molar-refractivity contribution in [2.24, 2.45) is 0 Å². The molecule has 3 saturated heterocycles. The van der Waals surface area contributed by atoms with Crippen molar-refractivity contribution in [1.82, 2.24) is 14.2 Å². The molecule has 0 aliphatic carbocycles. The number of hydrogen-bond acceptors (Lipinski definition) is 3. The molecule has 3 aliphatic heterocycles. The molecule has 0 saturated carbocycles. The van der Waals surface area contributed by atoms with Gasteiger partial charge in [-0.05, 0) is 49.6 Å². The third kappa shape index (κ3) is 3.86. The minimum absolute atomic E-state index is 0.0624. The predicted octanol–water partition coefficient (Wildman–Crippen LogP) is 4.54. The van der Waals surface area contributed by atoms with E-state index in [1.807, 2.05) is 41.1 Å². The van der Waals surface area contributed by atoms with Gasteiger partial charge in [-0.1, -0.05) is 12.6 Å².